The summed E-state index contributed by atoms with van der Waals surface area (Å²) in [6.45, 7) is 4.87. The molecule has 0 aliphatic carbocycles. The Hall–Kier alpha value is -2.66. The first-order chi connectivity index (χ1) is 15.2. The third-order valence-corrected chi connectivity index (χ3v) is 7.48. The number of nitrogens with zero attached hydrogens (tertiary/aromatic N) is 3. The zero-order valence-corrected chi connectivity index (χ0v) is 18.7. The molecule has 31 heavy (non-hydrogen) atoms. The van der Waals surface area contributed by atoms with Crippen molar-refractivity contribution in [3.8, 4) is 10.6 Å². The molecule has 4 aromatic heterocycles. The van der Waals surface area contributed by atoms with E-state index in [0.717, 1.165) is 56.6 Å². The monoisotopic (exact) mass is 454 g/mol. The van der Waals surface area contributed by atoms with Crippen LogP contribution in [0, 0.1) is 6.92 Å². The summed E-state index contributed by atoms with van der Waals surface area (Å²) in [5.74, 6) is -0.00914. The molecule has 0 saturated heterocycles. The quantitative estimate of drug-likeness (QED) is 0.367. The zero-order valence-electron chi connectivity index (χ0n) is 17.0. The standard InChI is InChI=1S/C21H22N6O2S2/c1-12-13(11-29-27-12)8-22-7-4-18(28)26-21-19(14-2-5-24-10-17(14)31-21)20-25-15-9-23-6-3-16(15)30-20/h3,6,9,11,22,24H,2,4-5,7-8,10H2,1H3,(H,26,28). The van der Waals surface area contributed by atoms with Crippen molar-refractivity contribution < 1.29 is 9.32 Å². The number of thiazole rings is 1. The van der Waals surface area contributed by atoms with E-state index in [1.165, 1.54) is 10.4 Å². The molecule has 0 atom stereocenters. The van der Waals surface area contributed by atoms with Crippen LogP contribution < -0.4 is 16.0 Å². The Labute approximate surface area is 187 Å². The maximum Gasteiger partial charge on any atom is 0.226 e. The van der Waals surface area contributed by atoms with Gasteiger partial charge in [-0.25, -0.2) is 4.98 Å². The fourth-order valence-electron chi connectivity index (χ4n) is 3.63. The van der Waals surface area contributed by atoms with E-state index in [1.54, 1.807) is 41.3 Å². The van der Waals surface area contributed by atoms with Crippen molar-refractivity contribution in [1.29, 1.82) is 0 Å². The van der Waals surface area contributed by atoms with Crippen LogP contribution in [-0.4, -0.2) is 34.1 Å². The fraction of sp³-hybridized carbons (Fsp3) is 0.333. The van der Waals surface area contributed by atoms with Crippen molar-refractivity contribution in [3.63, 3.8) is 0 Å². The van der Waals surface area contributed by atoms with Crippen molar-refractivity contribution in [2.75, 3.05) is 18.4 Å². The molecule has 8 nitrogen and oxygen atoms in total. The van der Waals surface area contributed by atoms with Gasteiger partial charge in [-0.05, 0) is 31.5 Å². The molecule has 0 aromatic carbocycles. The number of carbonyl (C=O) groups excluding carboxylic acids is 1. The van der Waals surface area contributed by atoms with Gasteiger partial charge in [0.2, 0.25) is 5.91 Å². The highest BCUT2D eigenvalue weighted by Crippen LogP contribution is 2.44. The number of thiophene rings is 1. The Morgan fingerprint density at radius 1 is 1.35 bits per heavy atom. The van der Waals surface area contributed by atoms with Crippen molar-refractivity contribution in [3.05, 3.63) is 46.4 Å². The summed E-state index contributed by atoms with van der Waals surface area (Å²) in [5, 5.41) is 15.5. The third kappa shape index (κ3) is 4.24. The maximum absolute atomic E-state index is 12.7. The van der Waals surface area contributed by atoms with Crippen LogP contribution in [0.15, 0.2) is 29.2 Å². The van der Waals surface area contributed by atoms with E-state index in [9.17, 15) is 4.79 Å². The molecule has 1 aliphatic heterocycles. The van der Waals surface area contributed by atoms with Gasteiger partial charge >= 0.3 is 0 Å². The second-order valence-electron chi connectivity index (χ2n) is 7.40. The van der Waals surface area contributed by atoms with Crippen molar-refractivity contribution >= 4 is 43.8 Å². The average molecular weight is 455 g/mol. The van der Waals surface area contributed by atoms with E-state index < -0.39 is 0 Å². The molecule has 10 heteroatoms. The Morgan fingerprint density at radius 2 is 2.29 bits per heavy atom. The van der Waals surface area contributed by atoms with Crippen LogP contribution >= 0.6 is 22.7 Å². The first kappa shape index (κ1) is 20.3. The van der Waals surface area contributed by atoms with Crippen LogP contribution in [0.25, 0.3) is 20.8 Å². The minimum atomic E-state index is -0.00914. The Bertz CT molecular complexity index is 1190. The first-order valence-electron chi connectivity index (χ1n) is 10.2. The molecule has 0 unspecified atom stereocenters. The lowest BCUT2D eigenvalue weighted by atomic mass is 10.0. The summed E-state index contributed by atoms with van der Waals surface area (Å²) in [5.41, 5.74) is 5.13. The van der Waals surface area contributed by atoms with E-state index in [4.69, 9.17) is 9.51 Å². The second kappa shape index (κ2) is 8.83. The smallest absolute Gasteiger partial charge is 0.226 e. The van der Waals surface area contributed by atoms with E-state index in [-0.39, 0.29) is 5.91 Å². The predicted molar refractivity (Wildman–Crippen MR) is 122 cm³/mol. The molecule has 5 rings (SSSR count). The number of carbonyl (C=O) groups is 1. The van der Waals surface area contributed by atoms with E-state index >= 15 is 0 Å². The summed E-state index contributed by atoms with van der Waals surface area (Å²) in [6, 6.07) is 1.98. The Morgan fingerprint density at radius 3 is 3.13 bits per heavy atom. The summed E-state index contributed by atoms with van der Waals surface area (Å²) < 4.78 is 6.04. The Balaban J connectivity index is 1.32. The van der Waals surface area contributed by atoms with Crippen molar-refractivity contribution in [2.45, 2.75) is 32.9 Å². The minimum Gasteiger partial charge on any atom is -0.364 e. The summed E-state index contributed by atoms with van der Waals surface area (Å²) in [6.07, 6.45) is 6.52. The van der Waals surface area contributed by atoms with Crippen molar-refractivity contribution in [1.82, 2.24) is 25.8 Å². The summed E-state index contributed by atoms with van der Waals surface area (Å²) in [7, 11) is 0. The lowest BCUT2D eigenvalue weighted by Crippen LogP contribution is -2.22. The lowest BCUT2D eigenvalue weighted by Gasteiger charge is -2.13. The van der Waals surface area contributed by atoms with Gasteiger partial charge in [-0.1, -0.05) is 5.16 Å². The van der Waals surface area contributed by atoms with Crippen LogP contribution in [0.4, 0.5) is 5.00 Å². The fourth-order valence-corrected chi connectivity index (χ4v) is 5.94. The minimum absolute atomic E-state index is 0.00914. The van der Waals surface area contributed by atoms with Gasteiger partial charge in [0.25, 0.3) is 0 Å². The van der Waals surface area contributed by atoms with Gasteiger partial charge in [-0.2, -0.15) is 0 Å². The number of nitrogens with one attached hydrogen (secondary N) is 3. The third-order valence-electron chi connectivity index (χ3n) is 5.28. The number of hydrogen-bond donors (Lipinski definition) is 3. The zero-order chi connectivity index (χ0) is 21.2. The SMILES string of the molecule is Cc1nocc1CNCCC(=O)Nc1sc2c(c1-c1nc3cnccc3s1)CCNC2. The van der Waals surface area contributed by atoms with Gasteiger partial charge in [0.15, 0.2) is 0 Å². The van der Waals surface area contributed by atoms with Gasteiger partial charge in [0, 0.05) is 48.3 Å². The number of pyridine rings is 1. The number of rotatable bonds is 7. The number of aryl methyl sites for hydroxylation is 1. The molecule has 1 aliphatic rings. The topological polar surface area (TPSA) is 105 Å². The molecule has 0 bridgehead atoms. The van der Waals surface area contributed by atoms with E-state index in [1.807, 2.05) is 13.0 Å². The molecule has 0 spiro atoms. The van der Waals surface area contributed by atoms with Crippen LogP contribution in [0.5, 0.6) is 0 Å². The molecule has 0 saturated carbocycles. The number of anilines is 1. The molecular weight excluding hydrogens is 432 g/mol. The predicted octanol–water partition coefficient (Wildman–Crippen LogP) is 3.48. The average Bonchev–Trinajstić information content (AvgIpc) is 3.47. The van der Waals surface area contributed by atoms with Gasteiger partial charge in [0.1, 0.15) is 21.8 Å². The number of fused-ring (bicyclic) bond motifs is 2. The maximum atomic E-state index is 12.7. The summed E-state index contributed by atoms with van der Waals surface area (Å²) in [4.78, 5) is 23.0. The van der Waals surface area contributed by atoms with E-state index in [2.05, 4.69) is 26.1 Å². The molecule has 0 radical (unpaired) electrons. The van der Waals surface area contributed by atoms with Crippen LogP contribution in [0.1, 0.15) is 28.1 Å². The van der Waals surface area contributed by atoms with Crippen LogP contribution in [0.3, 0.4) is 0 Å². The number of amides is 1. The van der Waals surface area contributed by atoms with Gasteiger partial charge < -0.3 is 20.5 Å². The van der Waals surface area contributed by atoms with Gasteiger partial charge in [-0.15, -0.1) is 22.7 Å². The molecular formula is C21H22N6O2S2. The molecule has 0 fully saturated rings. The van der Waals surface area contributed by atoms with Crippen molar-refractivity contribution in [2.24, 2.45) is 0 Å². The molecule has 5 heterocycles. The normalized spacial score (nSPS) is 13.5. The van der Waals surface area contributed by atoms with E-state index in [0.29, 0.717) is 19.5 Å². The highest BCUT2D eigenvalue weighted by Gasteiger charge is 2.25. The number of aromatic nitrogens is 3. The van der Waals surface area contributed by atoms with Crippen LogP contribution in [-0.2, 0) is 24.3 Å². The lowest BCUT2D eigenvalue weighted by molar-refractivity contribution is -0.116. The molecule has 3 N–H and O–H groups in total. The number of hydrogen-bond acceptors (Lipinski definition) is 9. The molecule has 1 amide bonds. The largest absolute Gasteiger partial charge is 0.364 e. The van der Waals surface area contributed by atoms with Gasteiger partial charge in [-0.3, -0.25) is 9.78 Å². The Kier molecular flexibility index (Phi) is 5.77. The molecule has 160 valence electrons. The first-order valence-corrected chi connectivity index (χ1v) is 11.8. The second-order valence-corrected chi connectivity index (χ2v) is 9.53. The highest BCUT2D eigenvalue weighted by molar-refractivity contribution is 7.22. The van der Waals surface area contributed by atoms with Gasteiger partial charge in [0.05, 0.1) is 16.6 Å². The highest BCUT2D eigenvalue weighted by atomic mass is 32.1. The van der Waals surface area contributed by atoms with Crippen LogP contribution in [0.2, 0.25) is 0 Å². The molecule has 4 aromatic rings. The summed E-state index contributed by atoms with van der Waals surface area (Å²) >= 11 is 3.30.